The number of aromatic nitrogens is 2. The zero-order valence-corrected chi connectivity index (χ0v) is 20.8. The van der Waals surface area contributed by atoms with E-state index in [0.29, 0.717) is 16.3 Å². The molecule has 1 heterocycles. The number of hydrogen-bond donors (Lipinski definition) is 1. The fourth-order valence-electron chi connectivity index (χ4n) is 3.65. The summed E-state index contributed by atoms with van der Waals surface area (Å²) >= 11 is 7.54. The van der Waals surface area contributed by atoms with Gasteiger partial charge >= 0.3 is 5.69 Å². The maximum atomic E-state index is 13.1. The van der Waals surface area contributed by atoms with Gasteiger partial charge in [0.15, 0.2) is 0 Å². The summed E-state index contributed by atoms with van der Waals surface area (Å²) in [6.45, 7) is 6.42. The van der Waals surface area contributed by atoms with Crippen molar-refractivity contribution in [2.24, 2.45) is 14.1 Å². The molecule has 33 heavy (non-hydrogen) atoms. The third kappa shape index (κ3) is 4.72. The quantitative estimate of drug-likeness (QED) is 0.377. The largest absolute Gasteiger partial charge is 0.328 e. The molecule has 7 heteroatoms. The van der Waals surface area contributed by atoms with Crippen molar-refractivity contribution >= 4 is 46.0 Å². The van der Waals surface area contributed by atoms with Gasteiger partial charge in [-0.25, -0.2) is 4.79 Å². The topological polar surface area (TPSA) is 56.0 Å². The number of carbonyl (C=O) groups excluding carboxylic acids is 1. The second-order valence-electron chi connectivity index (χ2n) is 9.08. The first-order chi connectivity index (χ1) is 15.5. The Hall–Kier alpha value is -2.96. The van der Waals surface area contributed by atoms with Crippen molar-refractivity contribution in [3.63, 3.8) is 0 Å². The van der Waals surface area contributed by atoms with Crippen molar-refractivity contribution in [2.75, 3.05) is 5.32 Å². The van der Waals surface area contributed by atoms with Gasteiger partial charge in [0.1, 0.15) is 0 Å². The van der Waals surface area contributed by atoms with Crippen LogP contribution in [0.2, 0.25) is 5.02 Å². The molecule has 0 saturated carbocycles. The molecule has 0 radical (unpaired) electrons. The summed E-state index contributed by atoms with van der Waals surface area (Å²) in [5.74, 6) is -0.200. The van der Waals surface area contributed by atoms with Gasteiger partial charge in [-0.2, -0.15) is 0 Å². The lowest BCUT2D eigenvalue weighted by Crippen LogP contribution is -2.19. The highest BCUT2D eigenvalue weighted by atomic mass is 35.5. The zero-order chi connectivity index (χ0) is 23.9. The fraction of sp³-hybridized carbons (Fsp3) is 0.231. The summed E-state index contributed by atoms with van der Waals surface area (Å²) in [5.41, 5.74) is 3.84. The van der Waals surface area contributed by atoms with Crippen LogP contribution in [0.3, 0.4) is 0 Å². The molecule has 0 spiro atoms. The number of nitrogens with zero attached hydrogens (tertiary/aromatic N) is 2. The summed E-state index contributed by atoms with van der Waals surface area (Å²) in [4.78, 5) is 27.4. The first-order valence-corrected chi connectivity index (χ1v) is 11.8. The van der Waals surface area contributed by atoms with Crippen molar-refractivity contribution in [3.8, 4) is 0 Å². The van der Waals surface area contributed by atoms with E-state index in [1.165, 1.54) is 17.3 Å². The number of carbonyl (C=O) groups is 1. The van der Waals surface area contributed by atoms with Crippen LogP contribution in [0.1, 0.15) is 36.7 Å². The first-order valence-electron chi connectivity index (χ1n) is 10.6. The average Bonchev–Trinajstić information content (AvgIpc) is 2.98. The van der Waals surface area contributed by atoms with E-state index in [-0.39, 0.29) is 17.0 Å². The Morgan fingerprint density at radius 1 is 0.909 bits per heavy atom. The van der Waals surface area contributed by atoms with E-state index in [9.17, 15) is 9.59 Å². The van der Waals surface area contributed by atoms with Crippen LogP contribution in [-0.4, -0.2) is 15.0 Å². The molecular formula is C26H26ClN3O2S. The minimum absolute atomic E-state index is 0.0144. The summed E-state index contributed by atoms with van der Waals surface area (Å²) in [7, 11) is 3.48. The summed E-state index contributed by atoms with van der Waals surface area (Å²) < 4.78 is 3.19. The Morgan fingerprint density at radius 2 is 1.48 bits per heavy atom. The molecule has 4 rings (SSSR count). The van der Waals surface area contributed by atoms with Crippen molar-refractivity contribution in [1.82, 2.24) is 9.13 Å². The van der Waals surface area contributed by atoms with Gasteiger partial charge in [0.05, 0.1) is 16.7 Å². The molecule has 0 aliphatic rings. The summed E-state index contributed by atoms with van der Waals surface area (Å²) in [5, 5.41) is 3.71. The number of halogens is 1. The van der Waals surface area contributed by atoms with Gasteiger partial charge in [-0.1, -0.05) is 56.3 Å². The van der Waals surface area contributed by atoms with Crippen molar-refractivity contribution < 1.29 is 4.79 Å². The van der Waals surface area contributed by atoms with Crippen LogP contribution in [-0.2, 0) is 19.5 Å². The molecule has 0 unspecified atom stereocenters. The van der Waals surface area contributed by atoms with Gasteiger partial charge in [-0.15, -0.1) is 0 Å². The third-order valence-electron chi connectivity index (χ3n) is 5.68. The van der Waals surface area contributed by atoms with E-state index in [1.807, 2.05) is 60.7 Å². The van der Waals surface area contributed by atoms with Crippen LogP contribution in [0.4, 0.5) is 5.69 Å². The SMILES string of the molecule is Cn1c(=O)n(C)c2cc(Sc3ccc(Cl)cc3)c(NC(=O)c3ccc(C(C)(C)C)cc3)cc21. The molecule has 170 valence electrons. The van der Waals surface area contributed by atoms with Crippen molar-refractivity contribution in [1.29, 1.82) is 0 Å². The highest BCUT2D eigenvalue weighted by molar-refractivity contribution is 7.99. The lowest BCUT2D eigenvalue weighted by molar-refractivity contribution is 0.102. The van der Waals surface area contributed by atoms with E-state index in [0.717, 1.165) is 20.8 Å². The number of imidazole rings is 1. The van der Waals surface area contributed by atoms with E-state index >= 15 is 0 Å². The Balaban J connectivity index is 1.74. The predicted molar refractivity (Wildman–Crippen MR) is 137 cm³/mol. The number of nitrogens with one attached hydrogen (secondary N) is 1. The lowest BCUT2D eigenvalue weighted by Gasteiger charge is -2.19. The summed E-state index contributed by atoms with van der Waals surface area (Å²) in [6, 6.07) is 19.0. The number of fused-ring (bicyclic) bond motifs is 1. The highest BCUT2D eigenvalue weighted by Crippen LogP contribution is 2.37. The molecule has 0 aliphatic heterocycles. The van der Waals surface area contributed by atoms with E-state index in [1.54, 1.807) is 23.2 Å². The van der Waals surface area contributed by atoms with Crippen LogP contribution < -0.4 is 11.0 Å². The maximum Gasteiger partial charge on any atom is 0.328 e. The molecule has 5 nitrogen and oxygen atoms in total. The Labute approximate surface area is 202 Å². The highest BCUT2D eigenvalue weighted by Gasteiger charge is 2.18. The Bertz CT molecular complexity index is 1400. The van der Waals surface area contributed by atoms with Gasteiger partial charge < -0.3 is 5.32 Å². The van der Waals surface area contributed by atoms with Crippen molar-refractivity contribution in [3.05, 3.63) is 87.3 Å². The number of anilines is 1. The van der Waals surface area contributed by atoms with Gasteiger partial charge in [-0.05, 0) is 59.5 Å². The normalized spacial score (nSPS) is 11.7. The fourth-order valence-corrected chi connectivity index (χ4v) is 4.70. The van der Waals surface area contributed by atoms with Gasteiger partial charge in [0.25, 0.3) is 5.91 Å². The zero-order valence-electron chi connectivity index (χ0n) is 19.3. The van der Waals surface area contributed by atoms with Crippen LogP contribution in [0.25, 0.3) is 11.0 Å². The molecule has 3 aromatic carbocycles. The Morgan fingerprint density at radius 3 is 2.06 bits per heavy atom. The smallest absolute Gasteiger partial charge is 0.321 e. The second kappa shape index (κ2) is 8.76. The van der Waals surface area contributed by atoms with E-state index in [4.69, 9.17) is 11.6 Å². The average molecular weight is 480 g/mol. The molecule has 4 aromatic rings. The predicted octanol–water partition coefficient (Wildman–Crippen LogP) is 6.23. The second-order valence-corrected chi connectivity index (χ2v) is 10.6. The monoisotopic (exact) mass is 479 g/mol. The maximum absolute atomic E-state index is 13.1. The molecule has 1 amide bonds. The molecule has 0 fully saturated rings. The lowest BCUT2D eigenvalue weighted by atomic mass is 9.87. The third-order valence-corrected chi connectivity index (χ3v) is 6.99. The molecule has 0 saturated heterocycles. The minimum Gasteiger partial charge on any atom is -0.321 e. The number of benzene rings is 3. The van der Waals surface area contributed by atoms with Crippen LogP contribution in [0, 0.1) is 0 Å². The van der Waals surface area contributed by atoms with Crippen molar-refractivity contribution in [2.45, 2.75) is 36.0 Å². The van der Waals surface area contributed by atoms with Gasteiger partial charge in [-0.3, -0.25) is 13.9 Å². The number of rotatable bonds is 4. The minimum atomic E-state index is -0.200. The molecular weight excluding hydrogens is 454 g/mol. The van der Waals surface area contributed by atoms with E-state index < -0.39 is 0 Å². The van der Waals surface area contributed by atoms with Crippen LogP contribution in [0.5, 0.6) is 0 Å². The standard InChI is InChI=1S/C26H26ClN3O2S/c1-26(2,3)17-8-6-16(7-9-17)24(31)28-20-14-21-22(30(5)25(32)29(21)4)15-23(20)33-19-12-10-18(27)11-13-19/h6-15H,1-5H3,(H,28,31). The van der Waals surface area contributed by atoms with Gasteiger partial charge in [0, 0.05) is 34.5 Å². The molecule has 0 aliphatic carbocycles. The first kappa shape index (κ1) is 23.2. The van der Waals surface area contributed by atoms with Gasteiger partial charge in [0.2, 0.25) is 0 Å². The van der Waals surface area contributed by atoms with E-state index in [2.05, 4.69) is 26.1 Å². The summed E-state index contributed by atoms with van der Waals surface area (Å²) in [6.07, 6.45) is 0. The molecule has 1 aromatic heterocycles. The Kier molecular flexibility index (Phi) is 6.16. The van der Waals surface area contributed by atoms with Crippen LogP contribution in [0.15, 0.2) is 75.2 Å². The molecule has 0 bridgehead atoms. The van der Waals surface area contributed by atoms with Crippen LogP contribution >= 0.6 is 23.4 Å². The molecule has 0 atom stereocenters. The number of aryl methyl sites for hydroxylation is 2. The number of amides is 1. The number of hydrogen-bond acceptors (Lipinski definition) is 3. The molecule has 1 N–H and O–H groups in total.